The van der Waals surface area contributed by atoms with Crippen molar-refractivity contribution in [1.29, 1.82) is 0 Å². The van der Waals surface area contributed by atoms with E-state index >= 15 is 0 Å². The molecule has 0 N–H and O–H groups in total. The molecule has 3 unspecified atom stereocenters. The minimum atomic E-state index is 0.268. The lowest BCUT2D eigenvalue weighted by molar-refractivity contribution is -0.0372. The fraction of sp³-hybridized carbons (Fsp3) is 1.00. The summed E-state index contributed by atoms with van der Waals surface area (Å²) in [5, 5.41) is 1.16. The molecule has 3 fully saturated rings. The van der Waals surface area contributed by atoms with Crippen LogP contribution in [0.3, 0.4) is 0 Å². The van der Waals surface area contributed by atoms with Crippen molar-refractivity contribution >= 4 is 27.7 Å². The van der Waals surface area contributed by atoms with Crippen LogP contribution in [0.15, 0.2) is 0 Å². The molecule has 0 radical (unpaired) electrons. The maximum Gasteiger partial charge on any atom is 0.0840 e. The van der Waals surface area contributed by atoms with E-state index < -0.39 is 0 Å². The van der Waals surface area contributed by atoms with Crippen LogP contribution < -0.4 is 0 Å². The predicted molar refractivity (Wildman–Crippen MR) is 59.6 cm³/mol. The van der Waals surface area contributed by atoms with Crippen molar-refractivity contribution < 1.29 is 4.74 Å². The standard InChI is InChI=1S/C10H15BrOS/c11-6-9-4-8(9)5-12-10(9)2-1-3-13-7-10/h8H,1-7H2. The third kappa shape index (κ3) is 1.04. The largest absolute Gasteiger partial charge is 0.373 e. The van der Waals surface area contributed by atoms with Gasteiger partial charge in [-0.2, -0.15) is 11.8 Å². The highest BCUT2D eigenvalue weighted by molar-refractivity contribution is 9.09. The molecule has 1 aliphatic carbocycles. The first kappa shape index (κ1) is 9.05. The van der Waals surface area contributed by atoms with E-state index in [2.05, 4.69) is 27.7 Å². The Bertz CT molecular complexity index is 223. The number of alkyl halides is 1. The molecule has 1 nitrogen and oxygen atoms in total. The van der Waals surface area contributed by atoms with Gasteiger partial charge >= 0.3 is 0 Å². The highest BCUT2D eigenvalue weighted by atomic mass is 79.9. The van der Waals surface area contributed by atoms with Crippen LogP contribution in [-0.4, -0.2) is 29.0 Å². The van der Waals surface area contributed by atoms with Crippen molar-refractivity contribution in [3.05, 3.63) is 0 Å². The van der Waals surface area contributed by atoms with Crippen LogP contribution >= 0.6 is 27.7 Å². The summed E-state index contributed by atoms with van der Waals surface area (Å²) < 4.78 is 6.09. The van der Waals surface area contributed by atoms with Crippen LogP contribution in [0.2, 0.25) is 0 Å². The minimum Gasteiger partial charge on any atom is -0.373 e. The lowest BCUT2D eigenvalue weighted by Gasteiger charge is -2.39. The molecule has 1 spiro atoms. The SMILES string of the molecule is BrCC12CC1COC21CCCSC1. The molecule has 0 bridgehead atoms. The Morgan fingerprint density at radius 2 is 2.46 bits per heavy atom. The van der Waals surface area contributed by atoms with E-state index in [1.807, 2.05) is 0 Å². The van der Waals surface area contributed by atoms with Crippen LogP contribution in [0.5, 0.6) is 0 Å². The molecule has 3 aliphatic rings. The Morgan fingerprint density at radius 3 is 3.08 bits per heavy atom. The number of fused-ring (bicyclic) bond motifs is 2. The van der Waals surface area contributed by atoms with Gasteiger partial charge < -0.3 is 4.74 Å². The van der Waals surface area contributed by atoms with Gasteiger partial charge in [0.05, 0.1) is 12.2 Å². The summed E-state index contributed by atoms with van der Waals surface area (Å²) in [5.41, 5.74) is 0.810. The lowest BCUT2D eigenvalue weighted by atomic mass is 9.83. The zero-order chi connectivity index (χ0) is 8.94. The Kier molecular flexibility index (Phi) is 2.01. The second kappa shape index (κ2) is 2.89. The fourth-order valence-corrected chi connectivity index (χ4v) is 5.66. The first-order chi connectivity index (χ1) is 6.33. The maximum atomic E-state index is 6.09. The van der Waals surface area contributed by atoms with Crippen LogP contribution in [0.25, 0.3) is 0 Å². The van der Waals surface area contributed by atoms with E-state index in [0.717, 1.165) is 17.9 Å². The quantitative estimate of drug-likeness (QED) is 0.673. The molecule has 3 heteroatoms. The summed E-state index contributed by atoms with van der Waals surface area (Å²) in [7, 11) is 0. The van der Waals surface area contributed by atoms with Crippen molar-refractivity contribution in [3.63, 3.8) is 0 Å². The van der Waals surface area contributed by atoms with Gasteiger partial charge in [-0.05, 0) is 30.9 Å². The van der Waals surface area contributed by atoms with Gasteiger partial charge in [-0.25, -0.2) is 0 Å². The number of hydrogen-bond acceptors (Lipinski definition) is 2. The van der Waals surface area contributed by atoms with Gasteiger partial charge in [0.15, 0.2) is 0 Å². The predicted octanol–water partition coefficient (Wildman–Crippen LogP) is 2.68. The summed E-state index contributed by atoms with van der Waals surface area (Å²) in [5.74, 6) is 3.47. The first-order valence-corrected chi connectivity index (χ1v) is 7.38. The molecule has 1 saturated carbocycles. The van der Waals surface area contributed by atoms with Crippen LogP contribution in [0.1, 0.15) is 19.3 Å². The summed E-state index contributed by atoms with van der Waals surface area (Å²) in [6, 6.07) is 0. The van der Waals surface area contributed by atoms with Gasteiger partial charge in [0.25, 0.3) is 0 Å². The molecule has 0 aromatic rings. The normalized spacial score (nSPS) is 53.8. The summed E-state index contributed by atoms with van der Waals surface area (Å²) in [6.07, 6.45) is 4.08. The Balaban J connectivity index is 1.88. The number of rotatable bonds is 1. The van der Waals surface area contributed by atoms with Gasteiger partial charge in [0.2, 0.25) is 0 Å². The van der Waals surface area contributed by atoms with Gasteiger partial charge in [-0.3, -0.25) is 0 Å². The molecule has 0 amide bonds. The zero-order valence-corrected chi connectivity index (χ0v) is 10.1. The van der Waals surface area contributed by atoms with E-state index in [9.17, 15) is 0 Å². The molecule has 3 atom stereocenters. The van der Waals surface area contributed by atoms with Gasteiger partial charge in [0.1, 0.15) is 0 Å². The molecule has 2 saturated heterocycles. The van der Waals surface area contributed by atoms with Gasteiger partial charge in [-0.1, -0.05) is 15.9 Å². The smallest absolute Gasteiger partial charge is 0.0840 e. The lowest BCUT2D eigenvalue weighted by Crippen LogP contribution is -2.45. The van der Waals surface area contributed by atoms with E-state index in [4.69, 9.17) is 4.74 Å². The average molecular weight is 263 g/mol. The summed E-state index contributed by atoms with van der Waals surface area (Å²) >= 11 is 5.78. The first-order valence-electron chi connectivity index (χ1n) is 5.11. The maximum absolute atomic E-state index is 6.09. The molecule has 0 aromatic carbocycles. The Morgan fingerprint density at radius 1 is 1.54 bits per heavy atom. The van der Waals surface area contributed by atoms with Crippen molar-refractivity contribution in [2.24, 2.45) is 11.3 Å². The number of hydrogen-bond donors (Lipinski definition) is 0. The van der Waals surface area contributed by atoms with Gasteiger partial charge in [0, 0.05) is 16.5 Å². The summed E-state index contributed by atoms with van der Waals surface area (Å²) in [4.78, 5) is 0. The van der Waals surface area contributed by atoms with Crippen molar-refractivity contribution in [1.82, 2.24) is 0 Å². The average Bonchev–Trinajstić information content (AvgIpc) is 2.86. The highest BCUT2D eigenvalue weighted by Crippen LogP contribution is 2.68. The third-order valence-electron chi connectivity index (χ3n) is 4.14. The zero-order valence-electron chi connectivity index (χ0n) is 7.72. The second-order valence-electron chi connectivity index (χ2n) is 4.65. The fourth-order valence-electron chi connectivity index (χ4n) is 3.12. The van der Waals surface area contributed by atoms with Crippen molar-refractivity contribution in [2.75, 3.05) is 23.4 Å². The molecule has 13 heavy (non-hydrogen) atoms. The monoisotopic (exact) mass is 262 g/mol. The molecular formula is C10H15BrOS. The van der Waals surface area contributed by atoms with E-state index in [1.165, 1.54) is 30.8 Å². The number of ether oxygens (including phenoxy) is 1. The van der Waals surface area contributed by atoms with Crippen LogP contribution in [-0.2, 0) is 4.74 Å². The van der Waals surface area contributed by atoms with E-state index in [0.29, 0.717) is 5.41 Å². The van der Waals surface area contributed by atoms with Crippen LogP contribution in [0.4, 0.5) is 0 Å². The highest BCUT2D eigenvalue weighted by Gasteiger charge is 2.70. The van der Waals surface area contributed by atoms with Gasteiger partial charge in [-0.15, -0.1) is 0 Å². The number of thioether (sulfide) groups is 1. The van der Waals surface area contributed by atoms with Crippen molar-refractivity contribution in [2.45, 2.75) is 24.9 Å². The molecule has 74 valence electrons. The van der Waals surface area contributed by atoms with E-state index in [1.54, 1.807) is 0 Å². The van der Waals surface area contributed by atoms with Crippen molar-refractivity contribution in [3.8, 4) is 0 Å². The molecule has 2 aliphatic heterocycles. The molecule has 2 heterocycles. The van der Waals surface area contributed by atoms with Crippen LogP contribution in [0, 0.1) is 11.3 Å². The number of halogens is 1. The van der Waals surface area contributed by atoms with E-state index in [-0.39, 0.29) is 5.60 Å². The Labute approximate surface area is 92.1 Å². The third-order valence-corrected chi connectivity index (χ3v) is 6.39. The molecule has 3 rings (SSSR count). The Hall–Kier alpha value is 0.790. The molecular weight excluding hydrogens is 248 g/mol. The minimum absolute atomic E-state index is 0.268. The topological polar surface area (TPSA) is 9.23 Å². The second-order valence-corrected chi connectivity index (χ2v) is 6.32. The summed E-state index contributed by atoms with van der Waals surface area (Å²) in [6.45, 7) is 1.03. The molecule has 0 aromatic heterocycles.